The molecule has 3 heterocycles. The van der Waals surface area contributed by atoms with E-state index in [2.05, 4.69) is 9.88 Å². The van der Waals surface area contributed by atoms with Crippen molar-refractivity contribution in [1.82, 2.24) is 4.90 Å². The van der Waals surface area contributed by atoms with E-state index in [0.29, 0.717) is 30.7 Å². The molecule has 1 aliphatic carbocycles. The van der Waals surface area contributed by atoms with Crippen molar-refractivity contribution in [1.29, 1.82) is 0 Å². The molecule has 0 unspecified atom stereocenters. The molecule has 3 aliphatic rings. The molecular formula is C21H29F3N3O+. The fourth-order valence-electron chi connectivity index (χ4n) is 5.22. The number of alkyl halides is 3. The van der Waals surface area contributed by atoms with Crippen molar-refractivity contribution in [2.24, 2.45) is 17.8 Å². The highest BCUT2D eigenvalue weighted by Gasteiger charge is 2.37. The molecule has 1 amide bonds. The minimum atomic E-state index is -4.33. The molecule has 154 valence electrons. The van der Waals surface area contributed by atoms with Crippen LogP contribution in [0.1, 0.15) is 50.5 Å². The number of aromatic amines is 1. The lowest BCUT2D eigenvalue weighted by molar-refractivity contribution is -0.367. The minimum Gasteiger partial charge on any atom is -0.342 e. The monoisotopic (exact) mass is 396 g/mol. The molecule has 1 N–H and O–H groups in total. The Morgan fingerprint density at radius 3 is 2.32 bits per heavy atom. The number of nitrogens with zero attached hydrogens (tertiary/aromatic N) is 2. The quantitative estimate of drug-likeness (QED) is 0.763. The number of fused-ring (bicyclic) bond motifs is 1. The number of carbonyl (C=O) groups is 1. The Kier molecular flexibility index (Phi) is 5.52. The number of piperidine rings is 2. The summed E-state index contributed by atoms with van der Waals surface area (Å²) in [5.41, 5.74) is -0.674. The van der Waals surface area contributed by atoms with Crippen LogP contribution in [-0.4, -0.2) is 37.0 Å². The number of amides is 1. The number of carbonyl (C=O) groups excluding carboxylic acids is 1. The van der Waals surface area contributed by atoms with Gasteiger partial charge in [-0.05, 0) is 43.6 Å². The topological polar surface area (TPSA) is 37.7 Å². The summed E-state index contributed by atoms with van der Waals surface area (Å²) in [6, 6.07) is 2.59. The van der Waals surface area contributed by atoms with Crippen LogP contribution in [0.3, 0.4) is 0 Å². The van der Waals surface area contributed by atoms with Gasteiger partial charge in [-0.25, -0.2) is 4.98 Å². The molecule has 2 atom stereocenters. The van der Waals surface area contributed by atoms with Gasteiger partial charge in [0.25, 0.3) is 5.82 Å². The minimum absolute atomic E-state index is 0.0471. The van der Waals surface area contributed by atoms with Crippen molar-refractivity contribution in [3.05, 3.63) is 23.9 Å². The molecule has 0 spiro atoms. The number of nitrogens with one attached hydrogen (secondary N) is 1. The van der Waals surface area contributed by atoms with Crippen molar-refractivity contribution in [3.8, 4) is 0 Å². The zero-order valence-electron chi connectivity index (χ0n) is 16.2. The zero-order chi connectivity index (χ0) is 19.7. The first-order chi connectivity index (χ1) is 13.4. The Hall–Kier alpha value is -1.79. The molecule has 1 aromatic rings. The highest BCUT2D eigenvalue weighted by atomic mass is 19.4. The zero-order valence-corrected chi connectivity index (χ0v) is 16.2. The maximum Gasteiger partial charge on any atom is 0.419 e. The third-order valence-electron chi connectivity index (χ3n) is 6.91. The summed E-state index contributed by atoms with van der Waals surface area (Å²) in [6.45, 7) is 3.21. The Bertz CT molecular complexity index is 683. The van der Waals surface area contributed by atoms with Crippen LogP contribution >= 0.6 is 0 Å². The Morgan fingerprint density at radius 1 is 0.964 bits per heavy atom. The van der Waals surface area contributed by atoms with Crippen LogP contribution < -0.4 is 9.88 Å². The lowest BCUT2D eigenvalue weighted by Crippen LogP contribution is -2.49. The first kappa shape index (κ1) is 19.5. The first-order valence-corrected chi connectivity index (χ1v) is 10.5. The van der Waals surface area contributed by atoms with Gasteiger partial charge in [-0.3, -0.25) is 9.69 Å². The van der Waals surface area contributed by atoms with E-state index >= 15 is 0 Å². The molecule has 0 radical (unpaired) electrons. The summed E-state index contributed by atoms with van der Waals surface area (Å²) in [6.07, 6.45) is 4.58. The van der Waals surface area contributed by atoms with Crippen LogP contribution in [0.15, 0.2) is 18.3 Å². The second-order valence-corrected chi connectivity index (χ2v) is 8.60. The van der Waals surface area contributed by atoms with Crippen molar-refractivity contribution >= 4 is 11.7 Å². The Balaban J connectivity index is 1.31. The molecule has 0 aromatic carbocycles. The van der Waals surface area contributed by atoms with Gasteiger partial charge in [0.1, 0.15) is 6.20 Å². The van der Waals surface area contributed by atoms with E-state index < -0.39 is 11.7 Å². The second-order valence-electron chi connectivity index (χ2n) is 8.60. The summed E-state index contributed by atoms with van der Waals surface area (Å²) in [5, 5.41) is 0. The fourth-order valence-corrected chi connectivity index (χ4v) is 5.22. The van der Waals surface area contributed by atoms with Crippen molar-refractivity contribution in [2.75, 3.05) is 31.1 Å². The van der Waals surface area contributed by atoms with Gasteiger partial charge < -0.3 is 4.90 Å². The standard InChI is InChI=1S/C21H28F3N3O/c22-21(23,24)18-5-6-19(25-13-18)26-10-8-16(9-11-26)20(28)27-12-7-15-3-1-2-4-17(15)14-27/h5-6,13,15-17H,1-4,7-12,14H2/p+1/t15-,17-/m1/s1. The summed E-state index contributed by atoms with van der Waals surface area (Å²) in [5.74, 6) is 2.52. The van der Waals surface area contributed by atoms with Gasteiger partial charge in [0.2, 0.25) is 5.91 Å². The van der Waals surface area contributed by atoms with Gasteiger partial charge >= 0.3 is 6.18 Å². The molecule has 2 aliphatic heterocycles. The van der Waals surface area contributed by atoms with E-state index in [4.69, 9.17) is 0 Å². The maximum absolute atomic E-state index is 13.0. The third kappa shape index (κ3) is 4.13. The predicted octanol–water partition coefficient (Wildman–Crippen LogP) is 3.77. The highest BCUT2D eigenvalue weighted by molar-refractivity contribution is 5.79. The summed E-state index contributed by atoms with van der Waals surface area (Å²) in [4.78, 5) is 19.9. The molecule has 28 heavy (non-hydrogen) atoms. The highest BCUT2D eigenvalue weighted by Crippen LogP contribution is 2.37. The molecule has 0 bridgehead atoms. The molecule has 3 fully saturated rings. The number of likely N-dealkylation sites (tertiary alicyclic amines) is 1. The van der Waals surface area contributed by atoms with E-state index in [0.717, 1.165) is 50.5 Å². The number of hydrogen-bond acceptors (Lipinski definition) is 2. The van der Waals surface area contributed by atoms with Gasteiger partial charge in [-0.15, -0.1) is 0 Å². The van der Waals surface area contributed by atoms with E-state index in [9.17, 15) is 18.0 Å². The number of hydrogen-bond donors (Lipinski definition) is 0. The van der Waals surface area contributed by atoms with Crippen LogP contribution in [0.2, 0.25) is 0 Å². The van der Waals surface area contributed by atoms with Crippen molar-refractivity contribution in [3.63, 3.8) is 0 Å². The number of halogens is 3. The van der Waals surface area contributed by atoms with E-state index in [1.54, 1.807) is 0 Å². The molecule has 4 rings (SSSR count). The Labute approximate surface area is 164 Å². The van der Waals surface area contributed by atoms with Gasteiger partial charge in [-0.2, -0.15) is 13.2 Å². The van der Waals surface area contributed by atoms with E-state index in [-0.39, 0.29) is 5.92 Å². The summed E-state index contributed by atoms with van der Waals surface area (Å²) in [7, 11) is 0. The lowest BCUT2D eigenvalue weighted by atomic mass is 9.75. The number of pyridine rings is 1. The normalized spacial score (nSPS) is 26.8. The van der Waals surface area contributed by atoms with Crippen LogP contribution in [0, 0.1) is 17.8 Å². The SMILES string of the molecule is O=C(C1CCN(c2ccc(C(F)(F)F)c[nH+]2)CC1)N1CC[C@H]2CCCC[C@@H]2C1. The summed E-state index contributed by atoms with van der Waals surface area (Å²) < 4.78 is 38.1. The predicted molar refractivity (Wildman–Crippen MR) is 99.6 cm³/mol. The van der Waals surface area contributed by atoms with Crippen molar-refractivity contribution in [2.45, 2.75) is 51.1 Å². The average Bonchev–Trinajstić information content (AvgIpc) is 2.72. The fraction of sp³-hybridized carbons (Fsp3) is 0.714. The van der Waals surface area contributed by atoms with Gasteiger partial charge in [0.15, 0.2) is 0 Å². The molecule has 4 nitrogen and oxygen atoms in total. The number of aromatic nitrogens is 1. The van der Waals surface area contributed by atoms with Gasteiger partial charge in [-0.1, -0.05) is 19.3 Å². The molecule has 1 saturated carbocycles. The second kappa shape index (κ2) is 7.91. The third-order valence-corrected chi connectivity index (χ3v) is 6.91. The first-order valence-electron chi connectivity index (χ1n) is 10.5. The number of rotatable bonds is 2. The molecule has 2 saturated heterocycles. The van der Waals surface area contributed by atoms with Gasteiger partial charge in [0.05, 0.1) is 18.7 Å². The average molecular weight is 396 g/mol. The lowest BCUT2D eigenvalue weighted by Gasteiger charge is -2.42. The van der Waals surface area contributed by atoms with E-state index in [1.165, 1.54) is 31.7 Å². The molecular weight excluding hydrogens is 367 g/mol. The van der Waals surface area contributed by atoms with E-state index in [1.807, 2.05) is 4.90 Å². The largest absolute Gasteiger partial charge is 0.419 e. The van der Waals surface area contributed by atoms with Crippen LogP contribution in [0.5, 0.6) is 0 Å². The molecule has 7 heteroatoms. The smallest absolute Gasteiger partial charge is 0.342 e. The van der Waals surface area contributed by atoms with Crippen LogP contribution in [-0.2, 0) is 11.0 Å². The van der Waals surface area contributed by atoms with Crippen LogP contribution in [0.25, 0.3) is 0 Å². The Morgan fingerprint density at radius 2 is 1.68 bits per heavy atom. The number of anilines is 1. The molecule has 1 aromatic heterocycles. The maximum atomic E-state index is 13.0. The number of H-pyrrole nitrogens is 1. The van der Waals surface area contributed by atoms with Crippen LogP contribution in [0.4, 0.5) is 19.0 Å². The van der Waals surface area contributed by atoms with Crippen molar-refractivity contribution < 1.29 is 22.9 Å². The van der Waals surface area contributed by atoms with Gasteiger partial charge in [0, 0.05) is 25.1 Å². The summed E-state index contributed by atoms with van der Waals surface area (Å²) >= 11 is 0.